The largest absolute Gasteiger partial charge is 0.493 e. The van der Waals surface area contributed by atoms with Gasteiger partial charge in [0.05, 0.1) is 32.4 Å². The summed E-state index contributed by atoms with van der Waals surface area (Å²) in [6.07, 6.45) is 6.20. The highest BCUT2D eigenvalue weighted by atomic mass is 32.1. The maximum absolute atomic E-state index is 13.5. The smallest absolute Gasteiger partial charge is 0.237 e. The Balaban J connectivity index is 1.69. The van der Waals surface area contributed by atoms with Crippen molar-refractivity contribution in [2.24, 2.45) is 0 Å². The van der Waals surface area contributed by atoms with Crippen LogP contribution in [0.2, 0.25) is 0 Å². The molecule has 1 amide bonds. The molecular formula is C26H34N2O5S. The van der Waals surface area contributed by atoms with Crippen LogP contribution in [0.1, 0.15) is 29.8 Å². The quantitative estimate of drug-likeness (QED) is 0.347. The van der Waals surface area contributed by atoms with Gasteiger partial charge in [-0.05, 0) is 48.5 Å². The average Bonchev–Trinajstić information content (AvgIpc) is 3.32. The first-order valence-electron chi connectivity index (χ1n) is 11.6. The molecule has 1 N–H and O–H groups in total. The van der Waals surface area contributed by atoms with E-state index >= 15 is 0 Å². The zero-order chi connectivity index (χ0) is 24.3. The van der Waals surface area contributed by atoms with E-state index in [4.69, 9.17) is 20.6 Å². The first kappa shape index (κ1) is 26.0. The molecule has 2 aromatic rings. The third-order valence-corrected chi connectivity index (χ3v) is 6.74. The van der Waals surface area contributed by atoms with Gasteiger partial charge < -0.3 is 24.2 Å². The van der Waals surface area contributed by atoms with Crippen LogP contribution in [0.3, 0.4) is 0 Å². The minimum absolute atomic E-state index is 0.0238. The fourth-order valence-electron chi connectivity index (χ4n) is 4.22. The number of para-hydroxylation sites is 2. The lowest BCUT2D eigenvalue weighted by molar-refractivity contribution is -0.136. The van der Waals surface area contributed by atoms with Crippen LogP contribution in [-0.2, 0) is 16.0 Å². The molecule has 0 radical (unpaired) electrons. The molecule has 0 aliphatic carbocycles. The number of terminal acetylenes is 1. The van der Waals surface area contributed by atoms with E-state index in [1.54, 1.807) is 18.4 Å². The average molecular weight is 487 g/mol. The Morgan fingerprint density at radius 3 is 2.88 bits per heavy atom. The zero-order valence-electron chi connectivity index (χ0n) is 19.9. The summed E-state index contributed by atoms with van der Waals surface area (Å²) in [7, 11) is 1.62. The van der Waals surface area contributed by atoms with E-state index in [0.717, 1.165) is 18.4 Å². The number of ether oxygens (including phenoxy) is 3. The van der Waals surface area contributed by atoms with E-state index in [0.29, 0.717) is 37.7 Å². The predicted octanol–water partition coefficient (Wildman–Crippen LogP) is 2.98. The first-order chi connectivity index (χ1) is 16.6. The Kier molecular flexibility index (Phi) is 10.2. The van der Waals surface area contributed by atoms with E-state index < -0.39 is 6.10 Å². The molecule has 184 valence electrons. The Hall–Kier alpha value is -2.57. The van der Waals surface area contributed by atoms with Crippen molar-refractivity contribution in [1.82, 2.24) is 9.80 Å². The fourth-order valence-corrected chi connectivity index (χ4v) is 5.15. The molecule has 7 nitrogen and oxygen atoms in total. The number of carbonyl (C=O) groups excluding carboxylic acids is 1. The van der Waals surface area contributed by atoms with Gasteiger partial charge >= 0.3 is 0 Å². The number of hydrogen-bond donors (Lipinski definition) is 1. The standard InChI is InChI=1S/C26H34N2O5S/c1-4-12-27(16-20(29)18-32-14-5-2)17-26(30)28-13-10-25-21(11-15-34-25)22(28)19-33-24-9-7-6-8-23(24)31-3/h2,6-9,11,15,20,22,29H,4,10,12-14,16-19H2,1,3H3/t20-,22-/m0/s1. The highest BCUT2D eigenvalue weighted by Gasteiger charge is 2.33. The predicted molar refractivity (Wildman–Crippen MR) is 133 cm³/mol. The van der Waals surface area contributed by atoms with E-state index in [9.17, 15) is 9.90 Å². The van der Waals surface area contributed by atoms with Gasteiger partial charge in [-0.1, -0.05) is 25.0 Å². The second kappa shape index (κ2) is 13.4. The second-order valence-corrected chi connectivity index (χ2v) is 9.22. The molecule has 0 saturated heterocycles. The van der Waals surface area contributed by atoms with Gasteiger partial charge in [-0.25, -0.2) is 0 Å². The number of amides is 1. The van der Waals surface area contributed by atoms with Gasteiger partial charge in [-0.15, -0.1) is 17.8 Å². The van der Waals surface area contributed by atoms with Crippen molar-refractivity contribution in [3.63, 3.8) is 0 Å². The van der Waals surface area contributed by atoms with Crippen LogP contribution >= 0.6 is 11.3 Å². The molecule has 0 spiro atoms. The van der Waals surface area contributed by atoms with E-state index in [1.165, 1.54) is 4.88 Å². The number of aliphatic hydroxyl groups excluding tert-OH is 1. The van der Waals surface area contributed by atoms with Crippen molar-refractivity contribution in [3.05, 3.63) is 46.2 Å². The molecule has 2 heterocycles. The topological polar surface area (TPSA) is 71.5 Å². The summed E-state index contributed by atoms with van der Waals surface area (Å²) >= 11 is 1.72. The van der Waals surface area contributed by atoms with Crippen molar-refractivity contribution in [3.8, 4) is 23.8 Å². The van der Waals surface area contributed by atoms with Crippen molar-refractivity contribution in [2.45, 2.75) is 31.9 Å². The van der Waals surface area contributed by atoms with E-state index in [2.05, 4.69) is 24.3 Å². The molecule has 0 saturated carbocycles. The first-order valence-corrected chi connectivity index (χ1v) is 12.5. The van der Waals surface area contributed by atoms with Crippen molar-refractivity contribution < 1.29 is 24.1 Å². The Morgan fingerprint density at radius 2 is 2.15 bits per heavy atom. The third kappa shape index (κ3) is 6.97. The van der Waals surface area contributed by atoms with Gasteiger partial charge in [0.25, 0.3) is 0 Å². The van der Waals surface area contributed by atoms with Crippen molar-refractivity contribution in [1.29, 1.82) is 0 Å². The number of carbonyl (C=O) groups is 1. The number of thiophene rings is 1. The molecule has 0 unspecified atom stereocenters. The zero-order valence-corrected chi connectivity index (χ0v) is 20.8. The molecule has 1 aliphatic heterocycles. The molecule has 1 aromatic heterocycles. The monoisotopic (exact) mass is 486 g/mol. The summed E-state index contributed by atoms with van der Waals surface area (Å²) in [5.74, 6) is 3.73. The van der Waals surface area contributed by atoms with Gasteiger partial charge in [0.2, 0.25) is 5.91 Å². The van der Waals surface area contributed by atoms with Crippen LogP contribution in [0, 0.1) is 12.3 Å². The number of rotatable bonds is 13. The summed E-state index contributed by atoms with van der Waals surface area (Å²) in [5.41, 5.74) is 1.14. The van der Waals surface area contributed by atoms with Crippen molar-refractivity contribution in [2.75, 3.05) is 53.1 Å². The molecule has 0 bridgehead atoms. The molecule has 2 atom stereocenters. The van der Waals surface area contributed by atoms with Crippen LogP contribution in [0.15, 0.2) is 35.7 Å². The number of benzene rings is 1. The SMILES string of the molecule is C#CCOC[C@@H](O)CN(CCC)CC(=O)N1CCc2sccc2[C@@H]1COc1ccccc1OC. The third-order valence-electron chi connectivity index (χ3n) is 5.74. The number of methoxy groups -OCH3 is 1. The lowest BCUT2D eigenvalue weighted by atomic mass is 10.0. The Morgan fingerprint density at radius 1 is 1.35 bits per heavy atom. The molecular weight excluding hydrogens is 452 g/mol. The molecule has 34 heavy (non-hydrogen) atoms. The Labute approximate surface area is 206 Å². The number of hydrogen-bond acceptors (Lipinski definition) is 7. The lowest BCUT2D eigenvalue weighted by Gasteiger charge is -2.37. The maximum Gasteiger partial charge on any atom is 0.237 e. The van der Waals surface area contributed by atoms with Crippen LogP contribution in [0.25, 0.3) is 0 Å². The summed E-state index contributed by atoms with van der Waals surface area (Å²) in [6.45, 7) is 4.63. The van der Waals surface area contributed by atoms with Crippen LogP contribution in [-0.4, -0.2) is 80.0 Å². The highest BCUT2D eigenvalue weighted by molar-refractivity contribution is 7.10. The summed E-state index contributed by atoms with van der Waals surface area (Å²) in [6, 6.07) is 9.43. The van der Waals surface area contributed by atoms with Crippen molar-refractivity contribution >= 4 is 17.2 Å². The van der Waals surface area contributed by atoms with Gasteiger partial charge in [-0.2, -0.15) is 0 Å². The van der Waals surface area contributed by atoms with Gasteiger partial charge in [0, 0.05) is 18.0 Å². The normalized spacial score (nSPS) is 16.1. The second-order valence-electron chi connectivity index (χ2n) is 8.22. The fraction of sp³-hybridized carbons (Fsp3) is 0.500. The molecule has 1 aromatic carbocycles. The van der Waals surface area contributed by atoms with Crippen LogP contribution in [0.5, 0.6) is 11.5 Å². The summed E-state index contributed by atoms with van der Waals surface area (Å²) in [5, 5.41) is 12.4. The molecule has 1 aliphatic rings. The Bertz CT molecular complexity index is 957. The minimum atomic E-state index is -0.706. The lowest BCUT2D eigenvalue weighted by Crippen LogP contribution is -2.48. The van der Waals surface area contributed by atoms with Crippen LogP contribution in [0.4, 0.5) is 0 Å². The maximum atomic E-state index is 13.5. The van der Waals surface area contributed by atoms with Gasteiger partial charge in [0.15, 0.2) is 11.5 Å². The summed E-state index contributed by atoms with van der Waals surface area (Å²) < 4.78 is 16.8. The highest BCUT2D eigenvalue weighted by Crippen LogP contribution is 2.35. The summed E-state index contributed by atoms with van der Waals surface area (Å²) in [4.78, 5) is 18.7. The van der Waals surface area contributed by atoms with Gasteiger partial charge in [-0.3, -0.25) is 9.69 Å². The minimum Gasteiger partial charge on any atom is -0.493 e. The van der Waals surface area contributed by atoms with Crippen LogP contribution < -0.4 is 9.47 Å². The number of fused-ring (bicyclic) bond motifs is 1. The molecule has 0 fully saturated rings. The number of aliphatic hydroxyl groups is 1. The van der Waals surface area contributed by atoms with E-state index in [1.807, 2.05) is 34.1 Å². The number of nitrogens with zero attached hydrogens (tertiary/aromatic N) is 2. The molecule has 8 heteroatoms. The van der Waals surface area contributed by atoms with Gasteiger partial charge in [0.1, 0.15) is 13.2 Å². The van der Waals surface area contributed by atoms with E-state index in [-0.39, 0.29) is 31.7 Å². The molecule has 3 rings (SSSR count).